The molecule has 2 aliphatic rings. The van der Waals surface area contributed by atoms with E-state index < -0.39 is 0 Å². The van der Waals surface area contributed by atoms with Crippen LogP contribution in [0.15, 0.2) is 48.5 Å². The molecule has 2 heterocycles. The van der Waals surface area contributed by atoms with Gasteiger partial charge in [-0.2, -0.15) is 0 Å². The molecule has 0 bridgehead atoms. The number of amides is 1. The number of hydrogen-bond acceptors (Lipinski definition) is 5. The van der Waals surface area contributed by atoms with Crippen molar-refractivity contribution in [2.24, 2.45) is 0 Å². The highest BCUT2D eigenvalue weighted by molar-refractivity contribution is 8.19. The molecular weight excluding hydrogens is 388 g/mol. The van der Waals surface area contributed by atoms with Crippen LogP contribution in [0.5, 0.6) is 0 Å². The molecule has 2 fully saturated rings. The number of hydrogen-bond donors (Lipinski definition) is 1. The lowest BCUT2D eigenvalue weighted by molar-refractivity contribution is 0.0342. The molecule has 4 nitrogen and oxygen atoms in total. The predicted molar refractivity (Wildman–Crippen MR) is 118 cm³/mol. The maximum absolute atomic E-state index is 12.4. The number of thioether (sulfide) groups is 2. The minimum absolute atomic E-state index is 0.0179. The lowest BCUT2D eigenvalue weighted by atomic mass is 10.1. The lowest BCUT2D eigenvalue weighted by Crippen LogP contribution is -2.35. The van der Waals surface area contributed by atoms with Crippen molar-refractivity contribution in [1.82, 2.24) is 10.2 Å². The number of benzene rings is 2. The van der Waals surface area contributed by atoms with Gasteiger partial charge in [0.15, 0.2) is 0 Å². The Balaban J connectivity index is 1.27. The molecule has 4 rings (SSSR count). The number of carbonyl (C=O) groups excluding carboxylic acids is 1. The Kier molecular flexibility index (Phi) is 6.96. The topological polar surface area (TPSA) is 41.6 Å². The second-order valence-corrected chi connectivity index (χ2v) is 9.81. The first-order valence-corrected chi connectivity index (χ1v) is 11.9. The molecule has 2 aromatic rings. The molecule has 0 aromatic heterocycles. The van der Waals surface area contributed by atoms with E-state index in [1.165, 1.54) is 22.6 Å². The van der Waals surface area contributed by atoms with E-state index in [-0.39, 0.29) is 5.91 Å². The van der Waals surface area contributed by atoms with Crippen molar-refractivity contribution >= 4 is 29.4 Å². The highest BCUT2D eigenvalue weighted by Crippen LogP contribution is 2.45. The van der Waals surface area contributed by atoms with Gasteiger partial charge in [0.1, 0.15) is 0 Å². The zero-order chi connectivity index (χ0) is 19.2. The Morgan fingerprint density at radius 1 is 0.964 bits per heavy atom. The van der Waals surface area contributed by atoms with Crippen molar-refractivity contribution < 1.29 is 9.53 Å². The third-order valence-electron chi connectivity index (χ3n) is 5.05. The van der Waals surface area contributed by atoms with Crippen molar-refractivity contribution in [2.75, 3.05) is 37.8 Å². The van der Waals surface area contributed by atoms with Crippen LogP contribution in [0.1, 0.15) is 31.6 Å². The van der Waals surface area contributed by atoms with Crippen LogP contribution in [0.4, 0.5) is 0 Å². The molecule has 0 unspecified atom stereocenters. The van der Waals surface area contributed by atoms with Gasteiger partial charge < -0.3 is 10.1 Å². The van der Waals surface area contributed by atoms with Gasteiger partial charge in [0.2, 0.25) is 0 Å². The van der Waals surface area contributed by atoms with E-state index in [0.29, 0.717) is 11.1 Å². The molecule has 2 saturated heterocycles. The van der Waals surface area contributed by atoms with Gasteiger partial charge in [0, 0.05) is 43.2 Å². The van der Waals surface area contributed by atoms with Crippen LogP contribution in [-0.4, -0.2) is 48.6 Å². The van der Waals surface area contributed by atoms with Crippen molar-refractivity contribution in [3.63, 3.8) is 0 Å². The molecule has 0 aliphatic carbocycles. The maximum Gasteiger partial charge on any atom is 0.251 e. The Bertz CT molecular complexity index is 768. The maximum atomic E-state index is 12.4. The van der Waals surface area contributed by atoms with Crippen molar-refractivity contribution in [2.45, 2.75) is 17.7 Å². The molecule has 2 aromatic carbocycles. The predicted octanol–water partition coefficient (Wildman–Crippen LogP) is 3.93. The SMILES string of the molecule is O=C(NCc1ccc(CN2CCOCC2)cc1)c1ccc(C2SCCS2)cc1. The van der Waals surface area contributed by atoms with Gasteiger partial charge in [-0.25, -0.2) is 0 Å². The summed E-state index contributed by atoms with van der Waals surface area (Å²) in [5.74, 6) is 2.40. The fraction of sp³-hybridized carbons (Fsp3) is 0.409. The summed E-state index contributed by atoms with van der Waals surface area (Å²) >= 11 is 3.96. The fourth-order valence-electron chi connectivity index (χ4n) is 3.41. The van der Waals surface area contributed by atoms with Crippen molar-refractivity contribution in [1.29, 1.82) is 0 Å². The van der Waals surface area contributed by atoms with Gasteiger partial charge in [-0.1, -0.05) is 36.4 Å². The summed E-state index contributed by atoms with van der Waals surface area (Å²) in [5.41, 5.74) is 4.45. The summed E-state index contributed by atoms with van der Waals surface area (Å²) in [6.07, 6.45) is 0. The molecule has 0 saturated carbocycles. The van der Waals surface area contributed by atoms with Gasteiger partial charge in [0.05, 0.1) is 17.8 Å². The summed E-state index contributed by atoms with van der Waals surface area (Å²) in [6, 6.07) is 16.6. The average Bonchev–Trinajstić information content (AvgIpc) is 3.29. The minimum Gasteiger partial charge on any atom is -0.379 e. The van der Waals surface area contributed by atoms with Crippen LogP contribution in [0.25, 0.3) is 0 Å². The zero-order valence-electron chi connectivity index (χ0n) is 15.9. The number of ether oxygens (including phenoxy) is 1. The number of morpholine rings is 1. The van der Waals surface area contributed by atoms with Gasteiger partial charge >= 0.3 is 0 Å². The van der Waals surface area contributed by atoms with E-state index in [9.17, 15) is 4.79 Å². The summed E-state index contributed by atoms with van der Waals surface area (Å²) in [7, 11) is 0. The molecule has 148 valence electrons. The first kappa shape index (κ1) is 19.8. The van der Waals surface area contributed by atoms with E-state index in [4.69, 9.17) is 4.74 Å². The number of nitrogens with one attached hydrogen (secondary N) is 1. The van der Waals surface area contributed by atoms with Gasteiger partial charge in [0.25, 0.3) is 5.91 Å². The second-order valence-electron chi connectivity index (χ2n) is 7.08. The number of nitrogens with zero attached hydrogens (tertiary/aromatic N) is 1. The van der Waals surface area contributed by atoms with E-state index in [0.717, 1.165) is 44.0 Å². The van der Waals surface area contributed by atoms with Crippen LogP contribution in [0.2, 0.25) is 0 Å². The Morgan fingerprint density at radius 3 is 2.29 bits per heavy atom. The van der Waals surface area contributed by atoms with Crippen LogP contribution < -0.4 is 5.32 Å². The van der Waals surface area contributed by atoms with E-state index in [2.05, 4.69) is 46.6 Å². The molecule has 28 heavy (non-hydrogen) atoms. The molecule has 0 spiro atoms. The quantitative estimate of drug-likeness (QED) is 0.776. The summed E-state index contributed by atoms with van der Waals surface area (Å²) < 4.78 is 5.92. The largest absolute Gasteiger partial charge is 0.379 e. The lowest BCUT2D eigenvalue weighted by Gasteiger charge is -2.26. The van der Waals surface area contributed by atoms with E-state index in [1.807, 2.05) is 35.7 Å². The van der Waals surface area contributed by atoms with Crippen molar-refractivity contribution in [3.05, 3.63) is 70.8 Å². The third-order valence-corrected chi connectivity index (χ3v) is 8.16. The van der Waals surface area contributed by atoms with Crippen molar-refractivity contribution in [3.8, 4) is 0 Å². The van der Waals surface area contributed by atoms with Gasteiger partial charge in [-0.3, -0.25) is 9.69 Å². The molecule has 0 atom stereocenters. The Labute approximate surface area is 175 Å². The standard InChI is InChI=1S/C22H26N2O2S2/c25-21(19-5-7-20(8-6-19)22-27-13-14-28-22)23-15-17-1-3-18(4-2-17)16-24-9-11-26-12-10-24/h1-8,22H,9-16H2,(H,23,25). The van der Waals surface area contributed by atoms with Crippen LogP contribution >= 0.6 is 23.5 Å². The minimum atomic E-state index is -0.0179. The van der Waals surface area contributed by atoms with E-state index in [1.54, 1.807) is 0 Å². The van der Waals surface area contributed by atoms with Crippen LogP contribution in [-0.2, 0) is 17.8 Å². The van der Waals surface area contributed by atoms with E-state index >= 15 is 0 Å². The molecular formula is C22H26N2O2S2. The summed E-state index contributed by atoms with van der Waals surface area (Å²) in [4.78, 5) is 14.8. The molecule has 0 radical (unpaired) electrons. The average molecular weight is 415 g/mol. The second kappa shape index (κ2) is 9.83. The third kappa shape index (κ3) is 5.32. The first-order valence-electron chi connectivity index (χ1n) is 9.77. The Hall–Kier alpha value is -1.47. The fourth-order valence-corrected chi connectivity index (χ4v) is 6.27. The first-order chi connectivity index (χ1) is 13.8. The van der Waals surface area contributed by atoms with Gasteiger partial charge in [-0.15, -0.1) is 23.5 Å². The normalized spacial score (nSPS) is 18.3. The molecule has 1 N–H and O–H groups in total. The molecule has 6 heteroatoms. The monoisotopic (exact) mass is 414 g/mol. The highest BCUT2D eigenvalue weighted by atomic mass is 32.2. The number of carbonyl (C=O) groups is 1. The summed E-state index contributed by atoms with van der Waals surface area (Å²) in [6.45, 7) is 5.14. The smallest absolute Gasteiger partial charge is 0.251 e. The van der Waals surface area contributed by atoms with Crippen LogP contribution in [0, 0.1) is 0 Å². The molecule has 1 amide bonds. The summed E-state index contributed by atoms with van der Waals surface area (Å²) in [5, 5.41) is 3.03. The Morgan fingerprint density at radius 2 is 1.61 bits per heavy atom. The van der Waals surface area contributed by atoms with Gasteiger partial charge in [-0.05, 0) is 28.8 Å². The number of rotatable bonds is 6. The van der Waals surface area contributed by atoms with Crippen LogP contribution in [0.3, 0.4) is 0 Å². The zero-order valence-corrected chi connectivity index (χ0v) is 17.6. The molecule has 2 aliphatic heterocycles. The highest BCUT2D eigenvalue weighted by Gasteiger charge is 2.18.